The molecule has 3 aromatic rings. The summed E-state index contributed by atoms with van der Waals surface area (Å²) in [5, 5.41) is 3.54. The van der Waals surface area contributed by atoms with E-state index >= 15 is 8.78 Å². The zero-order valence-electron chi connectivity index (χ0n) is 20.7. The van der Waals surface area contributed by atoms with E-state index in [0.717, 1.165) is 37.7 Å². The van der Waals surface area contributed by atoms with Crippen LogP contribution in [-0.2, 0) is 7.05 Å². The second-order valence-corrected chi connectivity index (χ2v) is 9.89. The molecule has 1 saturated heterocycles. The van der Waals surface area contributed by atoms with Gasteiger partial charge in [0.05, 0.1) is 12.1 Å². The number of anilines is 2. The smallest absolute Gasteiger partial charge is 0.326 e. The van der Waals surface area contributed by atoms with Gasteiger partial charge in [0, 0.05) is 56.4 Å². The van der Waals surface area contributed by atoms with Crippen molar-refractivity contribution in [1.82, 2.24) is 19.4 Å². The van der Waals surface area contributed by atoms with Crippen molar-refractivity contribution in [3.8, 4) is 11.8 Å². The zero-order valence-corrected chi connectivity index (χ0v) is 20.7. The Morgan fingerprint density at radius 3 is 2.56 bits per heavy atom. The van der Waals surface area contributed by atoms with E-state index in [1.54, 1.807) is 17.7 Å². The zero-order chi connectivity index (χ0) is 25.0. The molecule has 10 heteroatoms. The lowest BCUT2D eigenvalue weighted by molar-refractivity contribution is 0.311. The molecule has 1 N–H and O–H groups in total. The number of fused-ring (bicyclic) bond motifs is 1. The molecule has 1 saturated carbocycles. The van der Waals surface area contributed by atoms with Crippen molar-refractivity contribution in [3.05, 3.63) is 47.2 Å². The standard InChI is InChI=1S/C26H29F2N7O/c1-15-10-18-20(34(15)3)12-19(27)25(24(18)28)36-26-31-22(30-21-11-17(14-29-21)16-4-5-16)13-23(32-26)35-8-6-33(2)7-9-35/h10-13,16H,4-9,14H2,1-3H3,(H,29,30,31,32). The molecule has 2 aromatic heterocycles. The molecule has 0 radical (unpaired) electrons. The van der Waals surface area contributed by atoms with Gasteiger partial charge in [0.15, 0.2) is 11.6 Å². The lowest BCUT2D eigenvalue weighted by Gasteiger charge is -2.33. The van der Waals surface area contributed by atoms with Gasteiger partial charge >= 0.3 is 6.01 Å². The second kappa shape index (κ2) is 8.85. The van der Waals surface area contributed by atoms with Gasteiger partial charge in [-0.2, -0.15) is 9.97 Å². The number of amidine groups is 1. The molecular formula is C26H29F2N7O. The molecule has 2 aliphatic heterocycles. The van der Waals surface area contributed by atoms with E-state index in [2.05, 4.69) is 43.2 Å². The lowest BCUT2D eigenvalue weighted by Crippen LogP contribution is -2.44. The molecule has 6 rings (SSSR count). The summed E-state index contributed by atoms with van der Waals surface area (Å²) in [5.74, 6) is 0.390. The number of nitrogens with zero attached hydrogens (tertiary/aromatic N) is 6. The summed E-state index contributed by atoms with van der Waals surface area (Å²) < 4.78 is 37.8. The number of hydrogen-bond donors (Lipinski definition) is 1. The van der Waals surface area contributed by atoms with E-state index in [0.29, 0.717) is 29.6 Å². The molecule has 0 amide bonds. The third-order valence-corrected chi connectivity index (χ3v) is 7.26. The van der Waals surface area contributed by atoms with Crippen LogP contribution in [-0.4, -0.2) is 65.0 Å². The molecule has 0 spiro atoms. The highest BCUT2D eigenvalue weighted by Crippen LogP contribution is 2.38. The molecule has 0 atom stereocenters. The first-order chi connectivity index (χ1) is 17.4. The number of hydrogen-bond acceptors (Lipinski definition) is 7. The number of likely N-dealkylation sites (N-methyl/N-ethyl adjacent to an activating group) is 1. The Kier molecular flexibility index (Phi) is 5.63. The fourth-order valence-electron chi connectivity index (χ4n) is 4.77. The summed E-state index contributed by atoms with van der Waals surface area (Å²) in [6.45, 7) is 5.86. The molecule has 0 bridgehead atoms. The molecule has 1 aromatic carbocycles. The van der Waals surface area contributed by atoms with E-state index in [4.69, 9.17) is 4.74 Å². The van der Waals surface area contributed by atoms with Gasteiger partial charge in [0.25, 0.3) is 0 Å². The monoisotopic (exact) mass is 493 g/mol. The average Bonchev–Trinajstić information content (AvgIpc) is 3.55. The number of aliphatic imine (C=N–C) groups is 1. The molecule has 3 aliphatic rings. The van der Waals surface area contributed by atoms with Gasteiger partial charge < -0.3 is 24.4 Å². The number of benzene rings is 1. The van der Waals surface area contributed by atoms with E-state index in [1.165, 1.54) is 24.5 Å². The molecule has 8 nitrogen and oxygen atoms in total. The van der Waals surface area contributed by atoms with Gasteiger partial charge in [-0.15, -0.1) is 0 Å². The Labute approximate surface area is 208 Å². The van der Waals surface area contributed by atoms with Crippen LogP contribution in [0.5, 0.6) is 11.8 Å². The van der Waals surface area contributed by atoms with Crippen LogP contribution in [0.25, 0.3) is 10.9 Å². The summed E-state index contributed by atoms with van der Waals surface area (Å²) in [6.07, 6.45) is 4.51. The maximum atomic E-state index is 15.4. The number of halogens is 2. The molecule has 188 valence electrons. The van der Waals surface area contributed by atoms with Crippen molar-refractivity contribution in [2.45, 2.75) is 19.8 Å². The van der Waals surface area contributed by atoms with Crippen molar-refractivity contribution in [1.29, 1.82) is 0 Å². The van der Waals surface area contributed by atoms with Gasteiger partial charge in [-0.05, 0) is 50.4 Å². The van der Waals surface area contributed by atoms with Crippen molar-refractivity contribution < 1.29 is 13.5 Å². The topological polar surface area (TPSA) is 70.8 Å². The summed E-state index contributed by atoms with van der Waals surface area (Å²) in [7, 11) is 3.85. The lowest BCUT2D eigenvalue weighted by atomic mass is 10.2. The SMILES string of the molecule is Cc1cc2c(F)c(Oc3nc(NC4=NCC(C5CC5)=C4)cc(N4CCN(C)CC4)n3)c(F)cc2n1C. The van der Waals surface area contributed by atoms with Crippen LogP contribution in [0.15, 0.2) is 34.8 Å². The number of aromatic nitrogens is 3. The fourth-order valence-corrected chi connectivity index (χ4v) is 4.77. The molecule has 4 heterocycles. The van der Waals surface area contributed by atoms with Crippen molar-refractivity contribution in [2.24, 2.45) is 18.0 Å². The normalized spacial score (nSPS) is 18.5. The highest BCUT2D eigenvalue weighted by Gasteiger charge is 2.28. The Hall–Kier alpha value is -3.53. The number of nitrogens with one attached hydrogen (secondary N) is 1. The number of ether oxygens (including phenoxy) is 1. The number of rotatable bonds is 5. The maximum absolute atomic E-state index is 15.4. The minimum absolute atomic E-state index is 0.122. The van der Waals surface area contributed by atoms with Crippen LogP contribution in [0.4, 0.5) is 20.4 Å². The van der Waals surface area contributed by atoms with Gasteiger partial charge in [-0.25, -0.2) is 8.78 Å². The third-order valence-electron chi connectivity index (χ3n) is 7.26. The Morgan fingerprint density at radius 1 is 1.03 bits per heavy atom. The minimum Gasteiger partial charge on any atom is -0.418 e. The van der Waals surface area contributed by atoms with Gasteiger partial charge in [0.2, 0.25) is 5.75 Å². The molecule has 1 aliphatic carbocycles. The quantitative estimate of drug-likeness (QED) is 0.573. The van der Waals surface area contributed by atoms with Crippen LogP contribution in [0, 0.1) is 24.5 Å². The predicted octanol–water partition coefficient (Wildman–Crippen LogP) is 4.26. The van der Waals surface area contributed by atoms with Crippen molar-refractivity contribution in [3.63, 3.8) is 0 Å². The maximum Gasteiger partial charge on any atom is 0.326 e. The number of aryl methyl sites for hydroxylation is 2. The van der Waals surface area contributed by atoms with Crippen LogP contribution < -0.4 is 15.0 Å². The Balaban J connectivity index is 1.35. The highest BCUT2D eigenvalue weighted by molar-refractivity contribution is 6.05. The molecule has 2 fully saturated rings. The first kappa shape index (κ1) is 22.9. The summed E-state index contributed by atoms with van der Waals surface area (Å²) in [5.41, 5.74) is 2.61. The predicted molar refractivity (Wildman–Crippen MR) is 136 cm³/mol. The van der Waals surface area contributed by atoms with E-state index < -0.39 is 17.4 Å². The Bertz CT molecular complexity index is 1400. The average molecular weight is 494 g/mol. The second-order valence-electron chi connectivity index (χ2n) is 9.89. The summed E-state index contributed by atoms with van der Waals surface area (Å²) in [6, 6.07) is 4.67. The minimum atomic E-state index is -0.804. The fraction of sp³-hybridized carbons (Fsp3) is 0.423. The van der Waals surface area contributed by atoms with E-state index in [1.807, 2.05) is 13.0 Å². The summed E-state index contributed by atoms with van der Waals surface area (Å²) in [4.78, 5) is 17.9. The van der Waals surface area contributed by atoms with Crippen molar-refractivity contribution in [2.75, 3.05) is 50.0 Å². The van der Waals surface area contributed by atoms with Crippen molar-refractivity contribution >= 4 is 28.4 Å². The third kappa shape index (κ3) is 4.30. The first-order valence-corrected chi connectivity index (χ1v) is 12.3. The van der Waals surface area contributed by atoms with Gasteiger partial charge in [-0.3, -0.25) is 4.99 Å². The molecule has 0 unspecified atom stereocenters. The summed E-state index contributed by atoms with van der Waals surface area (Å²) >= 11 is 0. The van der Waals surface area contributed by atoms with Gasteiger partial charge in [0.1, 0.15) is 17.5 Å². The van der Waals surface area contributed by atoms with E-state index in [9.17, 15) is 0 Å². The Morgan fingerprint density at radius 2 is 1.81 bits per heavy atom. The molecule has 36 heavy (non-hydrogen) atoms. The number of piperazine rings is 1. The van der Waals surface area contributed by atoms with Crippen LogP contribution >= 0.6 is 0 Å². The van der Waals surface area contributed by atoms with Crippen LogP contribution in [0.3, 0.4) is 0 Å². The largest absolute Gasteiger partial charge is 0.418 e. The molecular weight excluding hydrogens is 464 g/mol. The van der Waals surface area contributed by atoms with Crippen LogP contribution in [0.2, 0.25) is 0 Å². The highest BCUT2D eigenvalue weighted by atomic mass is 19.1. The first-order valence-electron chi connectivity index (χ1n) is 12.3. The van der Waals surface area contributed by atoms with E-state index in [-0.39, 0.29) is 11.4 Å². The van der Waals surface area contributed by atoms with Gasteiger partial charge in [-0.1, -0.05) is 0 Å². The van der Waals surface area contributed by atoms with Crippen LogP contribution in [0.1, 0.15) is 18.5 Å².